The maximum Gasteiger partial charge on any atom is 0.311 e. The molecule has 0 saturated heterocycles. The third-order valence-corrected chi connectivity index (χ3v) is 16.7. The summed E-state index contributed by atoms with van der Waals surface area (Å²) < 4.78 is 11.5. The van der Waals surface area contributed by atoms with Crippen LogP contribution in [0.1, 0.15) is 113 Å². The summed E-state index contributed by atoms with van der Waals surface area (Å²) in [6.45, 7) is 24.9. The largest absolute Gasteiger partial charge is 0.493 e. The Labute approximate surface area is 288 Å². The van der Waals surface area contributed by atoms with E-state index in [-0.39, 0.29) is 75.6 Å². The second-order valence-corrected chi connectivity index (χ2v) is 19.0. The lowest BCUT2D eigenvalue weighted by Crippen LogP contribution is -2.67. The van der Waals surface area contributed by atoms with Crippen molar-refractivity contribution >= 4 is 17.5 Å². The van der Waals surface area contributed by atoms with Gasteiger partial charge in [-0.2, -0.15) is 0 Å². The van der Waals surface area contributed by atoms with E-state index in [1.807, 2.05) is 13.8 Å². The number of hydrogen-bond acceptors (Lipinski definition) is 6. The lowest BCUT2D eigenvalue weighted by atomic mass is 9.36. The van der Waals surface area contributed by atoms with E-state index in [9.17, 15) is 9.90 Å². The molecule has 0 aromatic heterocycles. The minimum Gasteiger partial charge on any atom is -0.493 e. The minimum absolute atomic E-state index is 0.00191. The monoisotopic (exact) mass is 660 g/mol. The molecule has 0 radical (unpaired) electrons. The van der Waals surface area contributed by atoms with Gasteiger partial charge in [0.15, 0.2) is 11.5 Å². The Morgan fingerprint density at radius 1 is 0.958 bits per heavy atom. The highest BCUT2D eigenvalue weighted by atomic mass is 16.5. The van der Waals surface area contributed by atoms with Crippen LogP contribution in [0.2, 0.25) is 0 Å². The molecular weight excluding hydrogens is 600 g/mol. The standard InChI is InChI=1S/C42H60O6/c1-22(2)29-32(47-10)35(45)42-27(20-26-23(3)14-15-28-38(26,7)17-13-18-39(28,8)36(46)48-11)24(4)25-21-41(42,34(29)44)30(31(25)43)33-37(5,6)16-12-19-40(33,42)9/h22,25-28,30-31,33,43H,3-4,12-21H2,1-2,5-11H3/t25-,26+,27+,28-,30-,31+,33+,38-,39-,40+,41-,42-/m1/s1. The van der Waals surface area contributed by atoms with Gasteiger partial charge in [0.25, 0.3) is 0 Å². The molecule has 7 aliphatic carbocycles. The van der Waals surface area contributed by atoms with Crippen molar-refractivity contribution in [3.05, 3.63) is 35.6 Å². The highest BCUT2D eigenvalue weighted by Gasteiger charge is 2.89. The first-order valence-corrected chi connectivity index (χ1v) is 18.9. The number of ketones is 2. The van der Waals surface area contributed by atoms with Crippen LogP contribution in [0.5, 0.6) is 0 Å². The smallest absolute Gasteiger partial charge is 0.311 e. The molecule has 0 unspecified atom stereocenters. The van der Waals surface area contributed by atoms with Crippen molar-refractivity contribution in [3.8, 4) is 0 Å². The number of rotatable bonds is 5. The summed E-state index contributed by atoms with van der Waals surface area (Å²) in [5, 5.41) is 12.6. The topological polar surface area (TPSA) is 89.9 Å². The van der Waals surface area contributed by atoms with Crippen molar-refractivity contribution in [2.24, 2.45) is 73.9 Å². The molecule has 0 aliphatic heterocycles. The Balaban J connectivity index is 1.49. The van der Waals surface area contributed by atoms with E-state index in [1.165, 1.54) is 12.7 Å². The number of Topliss-reactive ketones (excluding diaryl/α,β-unsaturated/α-hetero) is 2. The molecule has 0 aromatic rings. The minimum atomic E-state index is -1.08. The van der Waals surface area contributed by atoms with Crippen molar-refractivity contribution in [2.75, 3.05) is 14.2 Å². The average molecular weight is 661 g/mol. The first-order chi connectivity index (χ1) is 22.4. The fourth-order valence-corrected chi connectivity index (χ4v) is 15.4. The third-order valence-electron chi connectivity index (χ3n) is 16.7. The van der Waals surface area contributed by atoms with Crippen molar-refractivity contribution in [3.63, 3.8) is 0 Å². The molecule has 0 aromatic carbocycles. The molecule has 7 rings (SSSR count). The van der Waals surface area contributed by atoms with Crippen LogP contribution in [0, 0.1) is 73.9 Å². The van der Waals surface area contributed by atoms with Gasteiger partial charge in [-0.3, -0.25) is 14.4 Å². The van der Waals surface area contributed by atoms with E-state index >= 15 is 9.59 Å². The van der Waals surface area contributed by atoms with Gasteiger partial charge in [0.05, 0.1) is 36.6 Å². The molecule has 2 bridgehead atoms. The van der Waals surface area contributed by atoms with Crippen molar-refractivity contribution in [2.45, 2.75) is 119 Å². The Kier molecular flexibility index (Phi) is 7.43. The van der Waals surface area contributed by atoms with Gasteiger partial charge in [-0.05, 0) is 104 Å². The van der Waals surface area contributed by atoms with E-state index < -0.39 is 27.8 Å². The third kappa shape index (κ3) is 3.57. The molecule has 0 heterocycles. The van der Waals surface area contributed by atoms with Gasteiger partial charge in [-0.15, -0.1) is 0 Å². The summed E-state index contributed by atoms with van der Waals surface area (Å²) in [6, 6.07) is 0. The SMILES string of the molecule is C=C1CC[C@@H]2[C@](C)(CCC[C@@]2(C)C(=O)OC)[C@H]1C[C@H]1C(=C)[C@H]2C[C@@]34C(=O)C(C(C)C)=C(OC)C(=O)[C@@]13[C@@]1(C)CCCC(C)(C)[C@@H]1[C@H]4[C@H]2O. The number of fused-ring (bicyclic) bond motifs is 4. The Bertz CT molecular complexity index is 1530. The maximum atomic E-state index is 15.9. The number of allylic oxidation sites excluding steroid dienone is 3. The van der Waals surface area contributed by atoms with E-state index in [4.69, 9.17) is 22.6 Å². The fraction of sp³-hybridized carbons (Fsp3) is 0.786. The number of aliphatic hydroxyl groups excluding tert-OH is 1. The second-order valence-electron chi connectivity index (χ2n) is 19.0. The van der Waals surface area contributed by atoms with E-state index in [0.717, 1.165) is 56.9 Å². The highest BCUT2D eigenvalue weighted by Crippen LogP contribution is 2.87. The first kappa shape index (κ1) is 34.2. The number of hydrogen-bond donors (Lipinski definition) is 1. The van der Waals surface area contributed by atoms with Gasteiger partial charge in [-0.25, -0.2) is 0 Å². The Hall–Kier alpha value is -2.21. The molecule has 1 spiro atoms. The molecule has 264 valence electrons. The van der Waals surface area contributed by atoms with Crippen LogP contribution in [-0.4, -0.2) is 43.0 Å². The molecule has 6 fully saturated rings. The maximum absolute atomic E-state index is 15.9. The average Bonchev–Trinajstić information content (AvgIpc) is 3.41. The number of esters is 1. The summed E-state index contributed by atoms with van der Waals surface area (Å²) in [7, 11) is 3.06. The van der Waals surface area contributed by atoms with Crippen molar-refractivity contribution < 1.29 is 29.0 Å². The summed E-state index contributed by atoms with van der Waals surface area (Å²) in [5.74, 6) is -0.769. The van der Waals surface area contributed by atoms with Crippen molar-refractivity contribution in [1.82, 2.24) is 0 Å². The van der Waals surface area contributed by atoms with Crippen LogP contribution in [-0.2, 0) is 23.9 Å². The predicted octanol–water partition coefficient (Wildman–Crippen LogP) is 8.04. The zero-order chi connectivity index (χ0) is 35.1. The number of carbonyl (C=O) groups excluding carboxylic acids is 3. The zero-order valence-electron chi connectivity index (χ0n) is 31.1. The number of aliphatic hydroxyl groups is 1. The number of carbonyl (C=O) groups is 3. The molecule has 6 nitrogen and oxygen atoms in total. The molecule has 0 amide bonds. The molecule has 48 heavy (non-hydrogen) atoms. The molecule has 1 N–H and O–H groups in total. The first-order valence-electron chi connectivity index (χ1n) is 18.9. The lowest BCUT2D eigenvalue weighted by Gasteiger charge is -2.65. The summed E-state index contributed by atoms with van der Waals surface area (Å²) in [4.78, 5) is 45.0. The second kappa shape index (κ2) is 10.4. The van der Waals surface area contributed by atoms with Crippen LogP contribution < -0.4 is 0 Å². The molecule has 6 heteroatoms. The zero-order valence-corrected chi connectivity index (χ0v) is 31.1. The van der Waals surface area contributed by atoms with Gasteiger partial charge in [0, 0.05) is 17.4 Å². The van der Waals surface area contributed by atoms with Gasteiger partial charge < -0.3 is 14.6 Å². The molecular formula is C42H60O6. The van der Waals surface area contributed by atoms with Gasteiger partial charge >= 0.3 is 5.97 Å². The highest BCUT2D eigenvalue weighted by molar-refractivity contribution is 6.18. The molecule has 12 atom stereocenters. The predicted molar refractivity (Wildman–Crippen MR) is 185 cm³/mol. The molecule has 7 aliphatic rings. The normalized spacial score (nSPS) is 49.1. The molecule has 6 saturated carbocycles. The fourth-order valence-electron chi connectivity index (χ4n) is 15.4. The van der Waals surface area contributed by atoms with E-state index in [1.54, 1.807) is 7.11 Å². The summed E-state index contributed by atoms with van der Waals surface area (Å²) in [5.41, 5.74) is -0.967. The van der Waals surface area contributed by atoms with Gasteiger partial charge in [-0.1, -0.05) is 78.7 Å². The van der Waals surface area contributed by atoms with Crippen LogP contribution in [0.15, 0.2) is 35.6 Å². The Morgan fingerprint density at radius 2 is 1.62 bits per heavy atom. The van der Waals surface area contributed by atoms with Crippen LogP contribution in [0.3, 0.4) is 0 Å². The lowest BCUT2D eigenvalue weighted by molar-refractivity contribution is -0.179. The Morgan fingerprint density at radius 3 is 2.25 bits per heavy atom. The van der Waals surface area contributed by atoms with Gasteiger partial charge in [0.2, 0.25) is 5.78 Å². The van der Waals surface area contributed by atoms with Crippen LogP contribution in [0.25, 0.3) is 0 Å². The van der Waals surface area contributed by atoms with Crippen LogP contribution in [0.4, 0.5) is 0 Å². The van der Waals surface area contributed by atoms with E-state index in [2.05, 4.69) is 34.6 Å². The van der Waals surface area contributed by atoms with E-state index in [0.29, 0.717) is 18.4 Å². The number of ether oxygens (including phenoxy) is 2. The summed E-state index contributed by atoms with van der Waals surface area (Å²) >= 11 is 0. The number of methoxy groups -OCH3 is 2. The van der Waals surface area contributed by atoms with Crippen LogP contribution >= 0.6 is 0 Å². The quantitative estimate of drug-likeness (QED) is 0.237. The van der Waals surface area contributed by atoms with Crippen molar-refractivity contribution in [1.29, 1.82) is 0 Å². The van der Waals surface area contributed by atoms with Gasteiger partial charge in [0.1, 0.15) is 0 Å². The summed E-state index contributed by atoms with van der Waals surface area (Å²) in [6.07, 6.45) is 7.64.